The van der Waals surface area contributed by atoms with Crippen LogP contribution in [0.5, 0.6) is 0 Å². The summed E-state index contributed by atoms with van der Waals surface area (Å²) in [5.41, 5.74) is 1.08. The normalized spacial score (nSPS) is 25.6. The molecule has 0 radical (unpaired) electrons. The van der Waals surface area contributed by atoms with Crippen molar-refractivity contribution >= 4 is 12.2 Å². The lowest BCUT2D eigenvalue weighted by Crippen LogP contribution is -2.50. The molecule has 1 saturated heterocycles. The molecule has 1 aliphatic rings. The molecule has 0 aromatic heterocycles. The molecule has 0 saturated carbocycles. The third-order valence-corrected chi connectivity index (χ3v) is 4.38. The van der Waals surface area contributed by atoms with Gasteiger partial charge >= 0.3 is 0 Å². The van der Waals surface area contributed by atoms with Gasteiger partial charge in [-0.15, -0.1) is 0 Å². The highest BCUT2D eigenvalue weighted by molar-refractivity contribution is 5.80. The van der Waals surface area contributed by atoms with Crippen LogP contribution in [0.25, 0.3) is 0 Å². The minimum Gasteiger partial charge on any atom is -0.394 e. The molecule has 2 rings (SSSR count). The lowest BCUT2D eigenvalue weighted by atomic mass is 10.0. The van der Waals surface area contributed by atoms with Crippen LogP contribution in [0.2, 0.25) is 0 Å². The van der Waals surface area contributed by atoms with E-state index in [1.165, 1.54) is 0 Å². The van der Waals surface area contributed by atoms with Gasteiger partial charge in [-0.3, -0.25) is 4.79 Å². The van der Waals surface area contributed by atoms with Crippen LogP contribution in [0.4, 0.5) is 0 Å². The molecule has 0 spiro atoms. The van der Waals surface area contributed by atoms with Crippen LogP contribution in [-0.4, -0.2) is 72.2 Å². The third-order valence-electron chi connectivity index (χ3n) is 4.38. The van der Waals surface area contributed by atoms with E-state index in [1.54, 1.807) is 0 Å². The number of rotatable bonds is 10. The molecule has 0 bridgehead atoms. The Labute approximate surface area is 158 Å². The van der Waals surface area contributed by atoms with Gasteiger partial charge in [-0.2, -0.15) is 0 Å². The Morgan fingerprint density at radius 1 is 1.26 bits per heavy atom. The summed E-state index contributed by atoms with van der Waals surface area (Å²) in [4.78, 5) is 23.9. The van der Waals surface area contributed by atoms with Gasteiger partial charge in [0.15, 0.2) is 0 Å². The predicted octanol–water partition coefficient (Wildman–Crippen LogP) is -0.626. The zero-order valence-electron chi connectivity index (χ0n) is 15.6. The zero-order chi connectivity index (χ0) is 19.8. The third kappa shape index (κ3) is 5.82. The minimum atomic E-state index is -1.27. The van der Waals surface area contributed by atoms with Gasteiger partial charge in [-0.05, 0) is 25.5 Å². The van der Waals surface area contributed by atoms with E-state index >= 15 is 0 Å². The van der Waals surface area contributed by atoms with Crippen molar-refractivity contribution in [3.8, 4) is 0 Å². The molecule has 0 aliphatic carbocycles. The Balaban J connectivity index is 2.00. The largest absolute Gasteiger partial charge is 0.394 e. The first-order chi connectivity index (χ1) is 13.0. The van der Waals surface area contributed by atoms with Crippen LogP contribution in [0.15, 0.2) is 30.3 Å². The molecule has 1 heterocycles. The van der Waals surface area contributed by atoms with Crippen molar-refractivity contribution in [2.75, 3.05) is 13.2 Å². The quantitative estimate of drug-likeness (QED) is 0.400. The summed E-state index contributed by atoms with van der Waals surface area (Å²) >= 11 is 0. The molecule has 4 N–H and O–H groups in total. The van der Waals surface area contributed by atoms with Crippen molar-refractivity contribution in [1.82, 2.24) is 10.6 Å². The molecule has 8 nitrogen and oxygen atoms in total. The maximum atomic E-state index is 12.5. The number of aliphatic hydroxyl groups excluding tert-OH is 2. The summed E-state index contributed by atoms with van der Waals surface area (Å²) in [7, 11) is 0. The lowest BCUT2D eigenvalue weighted by Gasteiger charge is -2.25. The van der Waals surface area contributed by atoms with E-state index in [0.29, 0.717) is 19.3 Å². The first kappa shape index (κ1) is 21.5. The molecular formula is C19H28N2O6. The van der Waals surface area contributed by atoms with Crippen molar-refractivity contribution < 1.29 is 29.3 Å². The molecule has 1 amide bonds. The van der Waals surface area contributed by atoms with Crippen molar-refractivity contribution in [2.24, 2.45) is 0 Å². The fourth-order valence-electron chi connectivity index (χ4n) is 3.11. The monoisotopic (exact) mass is 380 g/mol. The van der Waals surface area contributed by atoms with Gasteiger partial charge in [0.25, 0.3) is 5.91 Å². The summed E-state index contributed by atoms with van der Waals surface area (Å²) in [5.74, 6) is -0.489. The van der Waals surface area contributed by atoms with E-state index < -0.39 is 43.2 Å². The van der Waals surface area contributed by atoms with Crippen molar-refractivity contribution in [3.63, 3.8) is 0 Å². The summed E-state index contributed by atoms with van der Waals surface area (Å²) in [6.45, 7) is 3.61. The molecule has 1 aliphatic heterocycles. The highest BCUT2D eigenvalue weighted by Crippen LogP contribution is 2.24. The lowest BCUT2D eigenvalue weighted by molar-refractivity contribution is -0.154. The van der Waals surface area contributed by atoms with Crippen LogP contribution >= 0.6 is 0 Å². The van der Waals surface area contributed by atoms with E-state index in [0.717, 1.165) is 5.56 Å². The molecule has 27 heavy (non-hydrogen) atoms. The minimum absolute atomic E-state index is 0.164. The van der Waals surface area contributed by atoms with Crippen LogP contribution < -0.4 is 10.6 Å². The number of aliphatic hydroxyl groups is 2. The Bertz CT molecular complexity index is 599. The van der Waals surface area contributed by atoms with Crippen LogP contribution in [-0.2, 0) is 25.5 Å². The summed E-state index contributed by atoms with van der Waals surface area (Å²) < 4.78 is 11.1. The second-order valence-corrected chi connectivity index (χ2v) is 6.60. The second-order valence-electron chi connectivity index (χ2n) is 6.60. The maximum absolute atomic E-state index is 12.5. The average molecular weight is 380 g/mol. The first-order valence-electron chi connectivity index (χ1n) is 9.13. The van der Waals surface area contributed by atoms with Crippen molar-refractivity contribution in [2.45, 2.75) is 57.0 Å². The molecular weight excluding hydrogens is 352 g/mol. The van der Waals surface area contributed by atoms with E-state index in [-0.39, 0.29) is 6.04 Å². The molecule has 1 aromatic rings. The summed E-state index contributed by atoms with van der Waals surface area (Å²) in [6.07, 6.45) is -3.13. The predicted molar refractivity (Wildman–Crippen MR) is 97.9 cm³/mol. The van der Waals surface area contributed by atoms with E-state index in [9.17, 15) is 19.8 Å². The highest BCUT2D eigenvalue weighted by Gasteiger charge is 2.46. The number of nitrogens with one attached hydrogen (secondary N) is 2. The van der Waals surface area contributed by atoms with Crippen molar-refractivity contribution in [3.05, 3.63) is 35.9 Å². The van der Waals surface area contributed by atoms with Gasteiger partial charge in [0.05, 0.1) is 12.6 Å². The number of hydrogen-bond acceptors (Lipinski definition) is 7. The highest BCUT2D eigenvalue weighted by atomic mass is 16.7. The van der Waals surface area contributed by atoms with Crippen molar-refractivity contribution in [1.29, 1.82) is 0 Å². The van der Waals surface area contributed by atoms with Gasteiger partial charge in [-0.25, -0.2) is 0 Å². The van der Waals surface area contributed by atoms with Gasteiger partial charge in [0.2, 0.25) is 6.29 Å². The average Bonchev–Trinajstić information content (AvgIpc) is 3.11. The van der Waals surface area contributed by atoms with Crippen LogP contribution in [0.3, 0.4) is 0 Å². The van der Waals surface area contributed by atoms with Gasteiger partial charge in [-0.1, -0.05) is 37.3 Å². The number of likely N-dealkylation sites (N-methyl/N-ethyl adjacent to an activating group) is 1. The summed E-state index contributed by atoms with van der Waals surface area (Å²) in [5, 5.41) is 25.0. The SMILES string of the molecule is CCNC(C=O)C1OC(C(=O)NC(C)Cc2ccccc2)OC1C(O)CO. The fraction of sp³-hybridized carbons (Fsp3) is 0.579. The Morgan fingerprint density at radius 2 is 1.93 bits per heavy atom. The molecule has 1 fully saturated rings. The topological polar surface area (TPSA) is 117 Å². The number of benzene rings is 1. The van der Waals surface area contributed by atoms with E-state index in [2.05, 4.69) is 10.6 Å². The van der Waals surface area contributed by atoms with Gasteiger partial charge < -0.3 is 35.1 Å². The number of amides is 1. The maximum Gasteiger partial charge on any atom is 0.277 e. The van der Waals surface area contributed by atoms with Gasteiger partial charge in [0.1, 0.15) is 24.6 Å². The first-order valence-corrected chi connectivity index (χ1v) is 9.13. The molecule has 8 heteroatoms. The van der Waals surface area contributed by atoms with E-state index in [1.807, 2.05) is 44.2 Å². The molecule has 6 atom stereocenters. The van der Waals surface area contributed by atoms with Crippen LogP contribution in [0, 0.1) is 0 Å². The smallest absolute Gasteiger partial charge is 0.277 e. The zero-order valence-corrected chi connectivity index (χ0v) is 15.6. The number of hydrogen-bond donors (Lipinski definition) is 4. The number of carbonyl (C=O) groups is 2. The van der Waals surface area contributed by atoms with Crippen LogP contribution in [0.1, 0.15) is 19.4 Å². The van der Waals surface area contributed by atoms with E-state index in [4.69, 9.17) is 9.47 Å². The molecule has 1 aromatic carbocycles. The Hall–Kier alpha value is -1.84. The Kier molecular flexibility index (Phi) is 8.33. The number of aldehydes is 1. The fourth-order valence-corrected chi connectivity index (χ4v) is 3.11. The van der Waals surface area contributed by atoms with Gasteiger partial charge in [0, 0.05) is 6.04 Å². The number of carbonyl (C=O) groups excluding carboxylic acids is 2. The Morgan fingerprint density at radius 3 is 2.52 bits per heavy atom. The second kappa shape index (κ2) is 10.5. The number of ether oxygens (including phenoxy) is 2. The standard InChI is InChI=1S/C19H28N2O6/c1-3-20-14(10-22)16-17(15(24)11-23)27-19(26-16)18(25)21-12(2)9-13-7-5-4-6-8-13/h4-8,10,12,14-17,19-20,23-24H,3,9,11H2,1-2H3,(H,21,25). The summed E-state index contributed by atoms with van der Waals surface area (Å²) in [6, 6.07) is 8.80. The molecule has 6 unspecified atom stereocenters. The molecule has 150 valence electrons.